The molecule has 0 N–H and O–H groups in total. The van der Waals surface area contributed by atoms with Gasteiger partial charge in [0.15, 0.2) is 0 Å². The maximum absolute atomic E-state index is 11.5. The Balaban J connectivity index is 2.19. The summed E-state index contributed by atoms with van der Waals surface area (Å²) in [5.41, 5.74) is 0. The van der Waals surface area contributed by atoms with E-state index in [0.717, 1.165) is 38.6 Å². The van der Waals surface area contributed by atoms with Gasteiger partial charge in [0.1, 0.15) is 5.78 Å². The molecule has 1 aliphatic heterocycles. The van der Waals surface area contributed by atoms with Gasteiger partial charge in [0.2, 0.25) is 0 Å². The third-order valence-electron chi connectivity index (χ3n) is 3.16. The van der Waals surface area contributed by atoms with Crippen molar-refractivity contribution >= 4 is 12.0 Å². The number of rotatable bonds is 0. The first-order valence-electron chi connectivity index (χ1n) is 6.89. The first kappa shape index (κ1) is 13.4. The lowest BCUT2D eigenvalue weighted by Crippen LogP contribution is -1.97. The molecule has 1 heterocycles. The van der Waals surface area contributed by atoms with Crippen molar-refractivity contribution < 1.29 is 4.79 Å². The van der Waals surface area contributed by atoms with Gasteiger partial charge in [-0.3, -0.25) is 9.79 Å². The van der Waals surface area contributed by atoms with Crippen molar-refractivity contribution in [2.24, 2.45) is 4.99 Å². The lowest BCUT2D eigenvalue weighted by atomic mass is 10.0. The van der Waals surface area contributed by atoms with E-state index in [1.807, 2.05) is 0 Å². The minimum atomic E-state index is 0.478. The molecule has 2 heteroatoms. The van der Waals surface area contributed by atoms with E-state index in [0.29, 0.717) is 5.78 Å². The number of carbonyl (C=O) groups is 1. The van der Waals surface area contributed by atoms with Gasteiger partial charge < -0.3 is 0 Å². The molecule has 0 radical (unpaired) electrons. The van der Waals surface area contributed by atoms with E-state index >= 15 is 0 Å². The number of carbonyl (C=O) groups excluding carboxylic acids is 1. The number of hydrogen-bond acceptors (Lipinski definition) is 2. The highest BCUT2D eigenvalue weighted by molar-refractivity contribution is 5.78. The zero-order valence-electron chi connectivity index (χ0n) is 10.4. The third kappa shape index (κ3) is 7.61. The summed E-state index contributed by atoms with van der Waals surface area (Å²) in [6, 6.07) is 0. The first-order valence-corrected chi connectivity index (χ1v) is 6.89. The van der Waals surface area contributed by atoms with Crippen molar-refractivity contribution in [2.45, 2.75) is 70.6 Å². The predicted octanol–water partition coefficient (Wildman–Crippen LogP) is 3.93. The molecule has 1 aliphatic rings. The molecule has 0 aliphatic carbocycles. The largest absolute Gasteiger partial charge is 0.300 e. The van der Waals surface area contributed by atoms with Crippen LogP contribution in [0.15, 0.2) is 4.99 Å². The van der Waals surface area contributed by atoms with Gasteiger partial charge in [-0.25, -0.2) is 0 Å². The van der Waals surface area contributed by atoms with Crippen LogP contribution in [0.25, 0.3) is 0 Å². The SMILES string of the molecule is O=C1CCCCCCC=NCCCCCC1. The molecular formula is C14H25NO. The van der Waals surface area contributed by atoms with Crippen LogP contribution in [-0.4, -0.2) is 18.5 Å². The van der Waals surface area contributed by atoms with Crippen molar-refractivity contribution in [3.63, 3.8) is 0 Å². The summed E-state index contributed by atoms with van der Waals surface area (Å²) in [6.45, 7) is 0.980. The van der Waals surface area contributed by atoms with Gasteiger partial charge in [-0.15, -0.1) is 0 Å². The van der Waals surface area contributed by atoms with Crippen molar-refractivity contribution in [3.05, 3.63) is 0 Å². The number of Topliss-reactive ketones (excluding diaryl/α,β-unsaturated/α-hetero) is 1. The van der Waals surface area contributed by atoms with E-state index in [1.165, 1.54) is 38.5 Å². The molecule has 0 fully saturated rings. The fourth-order valence-electron chi connectivity index (χ4n) is 2.10. The average Bonchev–Trinajstić information content (AvgIpc) is 2.29. The van der Waals surface area contributed by atoms with Crippen molar-refractivity contribution in [2.75, 3.05) is 6.54 Å². The molecule has 0 aromatic carbocycles. The van der Waals surface area contributed by atoms with Crippen LogP contribution >= 0.6 is 0 Å². The monoisotopic (exact) mass is 223 g/mol. The fraction of sp³-hybridized carbons (Fsp3) is 0.857. The third-order valence-corrected chi connectivity index (χ3v) is 3.16. The highest BCUT2D eigenvalue weighted by Crippen LogP contribution is 2.10. The second-order valence-electron chi connectivity index (χ2n) is 4.74. The van der Waals surface area contributed by atoms with E-state index in [4.69, 9.17) is 0 Å². The lowest BCUT2D eigenvalue weighted by Gasteiger charge is -2.01. The molecule has 16 heavy (non-hydrogen) atoms. The van der Waals surface area contributed by atoms with Crippen molar-refractivity contribution in [1.82, 2.24) is 0 Å². The maximum atomic E-state index is 11.5. The van der Waals surface area contributed by atoms with Gasteiger partial charge in [-0.05, 0) is 38.3 Å². The van der Waals surface area contributed by atoms with Crippen LogP contribution in [0.4, 0.5) is 0 Å². The molecule has 0 aromatic heterocycles. The molecule has 92 valence electrons. The summed E-state index contributed by atoms with van der Waals surface area (Å²) in [6.07, 6.45) is 14.3. The normalized spacial score (nSPS) is 22.4. The summed E-state index contributed by atoms with van der Waals surface area (Å²) in [7, 11) is 0. The van der Waals surface area contributed by atoms with Crippen LogP contribution < -0.4 is 0 Å². The van der Waals surface area contributed by atoms with E-state index in [-0.39, 0.29) is 0 Å². The minimum Gasteiger partial charge on any atom is -0.300 e. The quantitative estimate of drug-likeness (QED) is 0.612. The van der Waals surface area contributed by atoms with Gasteiger partial charge >= 0.3 is 0 Å². The molecule has 0 aromatic rings. The van der Waals surface area contributed by atoms with Gasteiger partial charge in [0, 0.05) is 19.4 Å². The first-order chi connectivity index (χ1) is 7.89. The standard InChI is InChI=1S/C14H25NO/c16-14-10-6-2-1-4-8-12-15-13-9-5-3-7-11-14/h12H,1-11,13H2. The summed E-state index contributed by atoms with van der Waals surface area (Å²) in [4.78, 5) is 15.9. The van der Waals surface area contributed by atoms with Gasteiger partial charge in [0.05, 0.1) is 0 Å². The van der Waals surface area contributed by atoms with Crippen molar-refractivity contribution in [1.29, 1.82) is 0 Å². The number of hydrogen-bond donors (Lipinski definition) is 0. The zero-order chi connectivity index (χ0) is 11.5. The van der Waals surface area contributed by atoms with E-state index < -0.39 is 0 Å². The minimum absolute atomic E-state index is 0.478. The molecule has 0 amide bonds. The van der Waals surface area contributed by atoms with E-state index in [2.05, 4.69) is 11.2 Å². The molecule has 0 saturated heterocycles. The average molecular weight is 223 g/mol. The highest BCUT2D eigenvalue weighted by Gasteiger charge is 2.01. The molecule has 0 bridgehead atoms. The Morgan fingerprint density at radius 2 is 1.44 bits per heavy atom. The molecule has 0 unspecified atom stereocenters. The second kappa shape index (κ2) is 9.56. The van der Waals surface area contributed by atoms with Crippen LogP contribution in [0.2, 0.25) is 0 Å². The van der Waals surface area contributed by atoms with Gasteiger partial charge in [0.25, 0.3) is 0 Å². The molecule has 0 spiro atoms. The Hall–Kier alpha value is -0.660. The summed E-state index contributed by atoms with van der Waals surface area (Å²) in [5, 5.41) is 0. The van der Waals surface area contributed by atoms with Crippen LogP contribution in [-0.2, 0) is 4.79 Å². The topological polar surface area (TPSA) is 29.4 Å². The molecule has 2 nitrogen and oxygen atoms in total. The number of ketones is 1. The molecular weight excluding hydrogens is 198 g/mol. The van der Waals surface area contributed by atoms with Crippen LogP contribution in [0.1, 0.15) is 70.6 Å². The zero-order valence-corrected chi connectivity index (χ0v) is 10.4. The Morgan fingerprint density at radius 3 is 2.19 bits per heavy atom. The van der Waals surface area contributed by atoms with Crippen LogP contribution in [0, 0.1) is 0 Å². The predicted molar refractivity (Wildman–Crippen MR) is 69.2 cm³/mol. The van der Waals surface area contributed by atoms with E-state index in [9.17, 15) is 4.79 Å². The number of aliphatic imine (C=N–C) groups is 1. The van der Waals surface area contributed by atoms with Crippen LogP contribution in [0.3, 0.4) is 0 Å². The summed E-state index contributed by atoms with van der Waals surface area (Å²) in [5.74, 6) is 0.478. The highest BCUT2D eigenvalue weighted by atomic mass is 16.1. The van der Waals surface area contributed by atoms with Gasteiger partial charge in [-0.1, -0.05) is 25.7 Å². The smallest absolute Gasteiger partial charge is 0.132 e. The van der Waals surface area contributed by atoms with Gasteiger partial charge in [-0.2, -0.15) is 0 Å². The second-order valence-corrected chi connectivity index (χ2v) is 4.74. The van der Waals surface area contributed by atoms with Crippen molar-refractivity contribution in [3.8, 4) is 0 Å². The summed E-state index contributed by atoms with van der Waals surface area (Å²) < 4.78 is 0. The summed E-state index contributed by atoms with van der Waals surface area (Å²) >= 11 is 0. The lowest BCUT2D eigenvalue weighted by molar-refractivity contribution is -0.119. The molecule has 0 saturated carbocycles. The molecule has 1 rings (SSSR count). The Morgan fingerprint density at radius 1 is 0.812 bits per heavy atom. The maximum Gasteiger partial charge on any atom is 0.132 e. The van der Waals surface area contributed by atoms with E-state index in [1.54, 1.807) is 0 Å². The molecule has 0 atom stereocenters. The Labute approximate surface area is 99.5 Å². The fourth-order valence-corrected chi connectivity index (χ4v) is 2.10. The Bertz CT molecular complexity index is 191. The Kier molecular flexibility index (Phi) is 8.01. The number of nitrogens with zero attached hydrogens (tertiary/aromatic N) is 1. The van der Waals surface area contributed by atoms with Crippen LogP contribution in [0.5, 0.6) is 0 Å².